The Morgan fingerprint density at radius 1 is 1.42 bits per heavy atom. The van der Waals surface area contributed by atoms with E-state index in [-0.39, 0.29) is 0 Å². The molecule has 2 N–H and O–H groups in total. The molecule has 0 saturated carbocycles. The molecule has 1 aromatic carbocycles. The number of carbonyl (C=O) groups is 2. The largest absolute Gasteiger partial charge is 0.314 e. The summed E-state index contributed by atoms with van der Waals surface area (Å²) >= 11 is 0. The van der Waals surface area contributed by atoms with Crippen molar-refractivity contribution in [3.8, 4) is 0 Å². The topological polar surface area (TPSA) is 69.6 Å². The van der Waals surface area contributed by atoms with Crippen LogP contribution in [0.4, 0.5) is 5.69 Å². The fraction of sp³-hybridized carbons (Fsp3) is 0.286. The van der Waals surface area contributed by atoms with Crippen molar-refractivity contribution in [2.24, 2.45) is 0 Å². The van der Waals surface area contributed by atoms with Crippen LogP contribution in [0.3, 0.4) is 0 Å². The molecule has 0 radical (unpaired) electrons. The lowest BCUT2D eigenvalue weighted by Gasteiger charge is -2.19. The number of hydrogen-bond acceptors (Lipinski definition) is 3. The molecule has 0 aliphatic heterocycles. The highest BCUT2D eigenvalue weighted by molar-refractivity contribution is 5.92. The fourth-order valence-electron chi connectivity index (χ4n) is 1.65. The van der Waals surface area contributed by atoms with Gasteiger partial charge in [-0.3, -0.25) is 14.8 Å². The number of hydrogen-bond donors (Lipinski definition) is 2. The fourth-order valence-corrected chi connectivity index (χ4v) is 1.65. The maximum absolute atomic E-state index is 11.1. The summed E-state index contributed by atoms with van der Waals surface area (Å²) in [6.45, 7) is 2.69. The number of benzene rings is 1. The van der Waals surface area contributed by atoms with Gasteiger partial charge in [0.05, 0.1) is 5.69 Å². The molecule has 0 bridgehead atoms. The predicted molar refractivity (Wildman–Crippen MR) is 73.7 cm³/mol. The molecule has 0 spiro atoms. The standard InChI is InChI=1S/C14H18N2O3/c1-2-3-10-16(11-17)13-7-5-4-6-12(13)8-9-14(18)15-19/h4-9,11,19H,2-3,10H2,1H3,(H,15,18)/b9-8+. The highest BCUT2D eigenvalue weighted by Gasteiger charge is 2.08. The van der Waals surface area contributed by atoms with E-state index in [9.17, 15) is 9.59 Å². The van der Waals surface area contributed by atoms with Crippen molar-refractivity contribution in [3.63, 3.8) is 0 Å². The van der Waals surface area contributed by atoms with Crippen LogP contribution in [0.5, 0.6) is 0 Å². The molecule has 2 amide bonds. The normalized spacial score (nSPS) is 10.4. The lowest BCUT2D eigenvalue weighted by atomic mass is 10.1. The number of amides is 2. The second-order valence-corrected chi connectivity index (χ2v) is 4.02. The molecule has 5 heteroatoms. The van der Waals surface area contributed by atoms with Crippen LogP contribution < -0.4 is 10.4 Å². The van der Waals surface area contributed by atoms with Crippen LogP contribution in [0.15, 0.2) is 30.3 Å². The molecule has 5 nitrogen and oxygen atoms in total. The quantitative estimate of drug-likeness (QED) is 0.341. The Labute approximate surface area is 112 Å². The number of nitrogens with zero attached hydrogens (tertiary/aromatic N) is 1. The van der Waals surface area contributed by atoms with Crippen LogP contribution in [0.1, 0.15) is 25.3 Å². The number of anilines is 1. The van der Waals surface area contributed by atoms with Crippen molar-refractivity contribution >= 4 is 24.1 Å². The van der Waals surface area contributed by atoms with Gasteiger partial charge in [-0.25, -0.2) is 5.48 Å². The van der Waals surface area contributed by atoms with Crippen LogP contribution in [-0.4, -0.2) is 24.1 Å². The van der Waals surface area contributed by atoms with Gasteiger partial charge in [0.2, 0.25) is 6.41 Å². The second kappa shape index (κ2) is 8.05. The zero-order valence-corrected chi connectivity index (χ0v) is 10.9. The van der Waals surface area contributed by atoms with Gasteiger partial charge in [-0.15, -0.1) is 0 Å². The van der Waals surface area contributed by atoms with E-state index in [1.54, 1.807) is 17.0 Å². The highest BCUT2D eigenvalue weighted by Crippen LogP contribution is 2.21. The first kappa shape index (κ1) is 14.9. The summed E-state index contributed by atoms with van der Waals surface area (Å²) in [6, 6.07) is 7.28. The molecule has 0 atom stereocenters. The lowest BCUT2D eigenvalue weighted by molar-refractivity contribution is -0.124. The van der Waals surface area contributed by atoms with Gasteiger partial charge in [-0.2, -0.15) is 0 Å². The Morgan fingerprint density at radius 3 is 2.79 bits per heavy atom. The number of para-hydroxylation sites is 1. The average molecular weight is 262 g/mol. The monoisotopic (exact) mass is 262 g/mol. The molecule has 0 unspecified atom stereocenters. The van der Waals surface area contributed by atoms with Gasteiger partial charge in [0.15, 0.2) is 0 Å². The second-order valence-electron chi connectivity index (χ2n) is 4.02. The van der Waals surface area contributed by atoms with E-state index < -0.39 is 5.91 Å². The summed E-state index contributed by atoms with van der Waals surface area (Å²) in [4.78, 5) is 23.7. The molecule has 1 aromatic rings. The van der Waals surface area contributed by atoms with Crippen molar-refractivity contribution in [2.75, 3.05) is 11.4 Å². The molecule has 0 aliphatic rings. The lowest BCUT2D eigenvalue weighted by Crippen LogP contribution is -2.23. The molecule has 0 fully saturated rings. The van der Waals surface area contributed by atoms with Gasteiger partial charge in [0.25, 0.3) is 5.91 Å². The van der Waals surface area contributed by atoms with E-state index >= 15 is 0 Å². The molecule has 0 aromatic heterocycles. The number of nitrogens with one attached hydrogen (secondary N) is 1. The Bertz CT molecular complexity index is 458. The van der Waals surface area contributed by atoms with Crippen molar-refractivity contribution in [1.82, 2.24) is 5.48 Å². The molecule has 102 valence electrons. The minimum Gasteiger partial charge on any atom is -0.314 e. The molecule has 0 heterocycles. The Hall–Kier alpha value is -2.14. The third-order valence-electron chi connectivity index (χ3n) is 2.65. The molecule has 0 saturated heterocycles. The first-order valence-electron chi connectivity index (χ1n) is 6.16. The summed E-state index contributed by atoms with van der Waals surface area (Å²) in [7, 11) is 0. The van der Waals surface area contributed by atoms with E-state index in [0.29, 0.717) is 6.54 Å². The van der Waals surface area contributed by atoms with Crippen molar-refractivity contribution in [3.05, 3.63) is 35.9 Å². The van der Waals surface area contributed by atoms with Gasteiger partial charge in [-0.05, 0) is 24.1 Å². The van der Waals surface area contributed by atoms with E-state index in [2.05, 4.69) is 6.92 Å². The van der Waals surface area contributed by atoms with Crippen molar-refractivity contribution in [2.45, 2.75) is 19.8 Å². The van der Waals surface area contributed by atoms with Crippen molar-refractivity contribution in [1.29, 1.82) is 0 Å². The number of rotatable bonds is 7. The molecule has 1 rings (SSSR count). The first-order valence-corrected chi connectivity index (χ1v) is 6.16. The third kappa shape index (κ3) is 4.56. The summed E-state index contributed by atoms with van der Waals surface area (Å²) in [5.41, 5.74) is 3.01. The highest BCUT2D eigenvalue weighted by atomic mass is 16.5. The van der Waals surface area contributed by atoms with Crippen LogP contribution in [0, 0.1) is 0 Å². The smallest absolute Gasteiger partial charge is 0.267 e. The summed E-state index contributed by atoms with van der Waals surface area (Å²) in [5, 5.41) is 8.44. The SMILES string of the molecule is CCCCN(C=O)c1ccccc1/C=C/C(=O)NO. The average Bonchev–Trinajstić information content (AvgIpc) is 2.46. The van der Waals surface area contributed by atoms with Crippen LogP contribution in [0.25, 0.3) is 6.08 Å². The van der Waals surface area contributed by atoms with Gasteiger partial charge >= 0.3 is 0 Å². The minimum atomic E-state index is -0.610. The van der Waals surface area contributed by atoms with Gasteiger partial charge in [0.1, 0.15) is 0 Å². The maximum Gasteiger partial charge on any atom is 0.267 e. The van der Waals surface area contributed by atoms with Gasteiger partial charge in [-0.1, -0.05) is 31.5 Å². The van der Waals surface area contributed by atoms with Gasteiger partial charge in [0, 0.05) is 12.6 Å². The van der Waals surface area contributed by atoms with Crippen molar-refractivity contribution < 1.29 is 14.8 Å². The Kier molecular flexibility index (Phi) is 6.32. The predicted octanol–water partition coefficient (Wildman–Crippen LogP) is 1.97. The van der Waals surface area contributed by atoms with E-state index in [1.807, 2.05) is 18.2 Å². The van der Waals surface area contributed by atoms with Crippen LogP contribution in [-0.2, 0) is 9.59 Å². The van der Waals surface area contributed by atoms with E-state index in [0.717, 1.165) is 30.5 Å². The summed E-state index contributed by atoms with van der Waals surface area (Å²) < 4.78 is 0. The number of carbonyl (C=O) groups excluding carboxylic acids is 2. The number of hydroxylamine groups is 1. The molecule has 0 aliphatic carbocycles. The zero-order chi connectivity index (χ0) is 14.1. The van der Waals surface area contributed by atoms with Gasteiger partial charge < -0.3 is 4.90 Å². The first-order chi connectivity index (χ1) is 9.22. The summed E-state index contributed by atoms with van der Waals surface area (Å²) in [6.07, 6.45) is 5.46. The Morgan fingerprint density at radius 2 is 2.16 bits per heavy atom. The zero-order valence-electron chi connectivity index (χ0n) is 10.9. The van der Waals surface area contributed by atoms with E-state index in [4.69, 9.17) is 5.21 Å². The Balaban J connectivity index is 2.96. The van der Waals surface area contributed by atoms with Crippen LogP contribution in [0.2, 0.25) is 0 Å². The van der Waals surface area contributed by atoms with Crippen LogP contribution >= 0.6 is 0 Å². The molecular weight excluding hydrogens is 244 g/mol. The number of unbranched alkanes of at least 4 members (excludes halogenated alkanes) is 1. The maximum atomic E-state index is 11.1. The minimum absolute atomic E-state index is 0.610. The third-order valence-corrected chi connectivity index (χ3v) is 2.65. The molecular formula is C14H18N2O3. The van der Waals surface area contributed by atoms with E-state index in [1.165, 1.54) is 11.6 Å². The molecule has 19 heavy (non-hydrogen) atoms. The summed E-state index contributed by atoms with van der Waals surface area (Å²) in [5.74, 6) is -0.610.